The van der Waals surface area contributed by atoms with Gasteiger partial charge >= 0.3 is 5.97 Å². The molecule has 4 N–H and O–H groups in total. The number of nitrogens with zero attached hydrogens (tertiary/aromatic N) is 1. The molecule has 6 rings (SSSR count). The molecule has 0 radical (unpaired) electrons. The normalized spacial score (nSPS) is 10.6. The average Bonchev–Trinajstić information content (AvgIpc) is 3.00. The Bertz CT molecular complexity index is 2120. The highest BCUT2D eigenvalue weighted by molar-refractivity contribution is 7.87. The number of nitriles is 1. The summed E-state index contributed by atoms with van der Waals surface area (Å²) in [5.74, 6) is -1.44. The van der Waals surface area contributed by atoms with Crippen LogP contribution in [-0.2, 0) is 39.1 Å². The summed E-state index contributed by atoms with van der Waals surface area (Å²) in [6.07, 6.45) is 0.553. The lowest BCUT2D eigenvalue weighted by Gasteiger charge is -2.04. The van der Waals surface area contributed by atoms with Crippen molar-refractivity contribution in [2.45, 2.75) is 19.3 Å². The molecule has 0 aliphatic rings. The fraction of sp³-hybridized carbons (Fsp3) is 0.0833. The lowest BCUT2D eigenvalue weighted by Crippen LogP contribution is -2.36. The Kier molecular flexibility index (Phi) is 11.0. The highest BCUT2D eigenvalue weighted by atomic mass is 32.2. The van der Waals surface area contributed by atoms with E-state index in [0.29, 0.717) is 6.42 Å². The number of fused-ring (bicyclic) bond motifs is 3. The number of aliphatic carboxylic acids is 1. The first-order valence-corrected chi connectivity index (χ1v) is 15.5. The molecule has 226 valence electrons. The van der Waals surface area contributed by atoms with E-state index < -0.39 is 22.1 Å². The van der Waals surface area contributed by atoms with Crippen molar-refractivity contribution in [3.05, 3.63) is 144 Å². The fourth-order valence-electron chi connectivity index (χ4n) is 4.69. The first-order chi connectivity index (χ1) is 21.6. The summed E-state index contributed by atoms with van der Waals surface area (Å²) in [5.41, 5.74) is 2.66. The van der Waals surface area contributed by atoms with Gasteiger partial charge in [-0.25, -0.2) is 9.86 Å². The Labute approximate surface area is 261 Å². The molecule has 0 aromatic heterocycles. The second-order valence-electron chi connectivity index (χ2n) is 10.2. The van der Waals surface area contributed by atoms with Gasteiger partial charge in [0.1, 0.15) is 0 Å². The van der Waals surface area contributed by atoms with Crippen LogP contribution in [0.1, 0.15) is 16.7 Å². The van der Waals surface area contributed by atoms with Gasteiger partial charge in [0.2, 0.25) is 5.91 Å². The zero-order valence-corrected chi connectivity index (χ0v) is 25.1. The van der Waals surface area contributed by atoms with Crippen LogP contribution >= 0.6 is 0 Å². The number of carboxylic acids is 1. The van der Waals surface area contributed by atoms with Crippen molar-refractivity contribution < 1.29 is 23.1 Å². The Morgan fingerprint density at radius 1 is 0.622 bits per heavy atom. The van der Waals surface area contributed by atoms with E-state index in [9.17, 15) is 18.0 Å². The first kappa shape index (κ1) is 32.4. The lowest BCUT2D eigenvalue weighted by atomic mass is 10.1. The van der Waals surface area contributed by atoms with Crippen molar-refractivity contribution in [1.29, 1.82) is 5.26 Å². The van der Waals surface area contributed by atoms with Crippen molar-refractivity contribution in [2.24, 2.45) is 5.14 Å². The lowest BCUT2D eigenvalue weighted by molar-refractivity contribution is -0.136. The van der Waals surface area contributed by atoms with Crippen LogP contribution in [-0.4, -0.2) is 25.4 Å². The Balaban J connectivity index is 0.000000156. The molecule has 6 aromatic carbocycles. The molecule has 45 heavy (non-hydrogen) atoms. The Morgan fingerprint density at radius 2 is 1.00 bits per heavy atom. The molecule has 0 unspecified atom stereocenters. The van der Waals surface area contributed by atoms with Crippen LogP contribution in [0.25, 0.3) is 32.3 Å². The maximum atomic E-state index is 11.4. The molecule has 9 heteroatoms. The molecule has 0 saturated carbocycles. The molecule has 0 spiro atoms. The third kappa shape index (κ3) is 10.3. The number of carbonyl (C=O) groups is 2. The summed E-state index contributed by atoms with van der Waals surface area (Å²) in [5, 5.41) is 28.6. The average molecular weight is 618 g/mol. The van der Waals surface area contributed by atoms with Crippen LogP contribution in [0, 0.1) is 11.3 Å². The van der Waals surface area contributed by atoms with E-state index >= 15 is 0 Å². The molecule has 0 bridgehead atoms. The largest absolute Gasteiger partial charge is 0.481 e. The van der Waals surface area contributed by atoms with Gasteiger partial charge in [0.25, 0.3) is 10.2 Å². The number of hydrogen-bond acceptors (Lipinski definition) is 5. The molecule has 8 nitrogen and oxygen atoms in total. The van der Waals surface area contributed by atoms with E-state index in [1.165, 1.54) is 10.8 Å². The number of nitrogens with one attached hydrogen (secondary N) is 1. The standard InChI is InChI=1S/C12H12N2O3S.C12H9N.C12H10O2/c13-18(16,17)14-12(15)8-9-5-6-10-3-1-2-4-11(10)7-9;13-8-7-10-5-6-11-3-1-2-4-12(11)9-10;13-12(14)8-9-5-6-10-3-1-2-4-11(10)7-9/h1-7H,8H2,(H,14,15)(H2,13,16,17);1-6,9H,7H2;1-7H,8H2,(H,13,14). The number of carboxylic acid groups (broad SMARTS) is 1. The van der Waals surface area contributed by atoms with E-state index in [-0.39, 0.29) is 12.8 Å². The predicted molar refractivity (Wildman–Crippen MR) is 177 cm³/mol. The zero-order valence-electron chi connectivity index (χ0n) is 24.3. The number of carbonyl (C=O) groups excluding carboxylic acids is 1. The van der Waals surface area contributed by atoms with E-state index in [2.05, 4.69) is 30.3 Å². The highest BCUT2D eigenvalue weighted by Gasteiger charge is 2.09. The van der Waals surface area contributed by atoms with Crippen LogP contribution in [0.2, 0.25) is 0 Å². The monoisotopic (exact) mass is 617 g/mol. The summed E-state index contributed by atoms with van der Waals surface area (Å²) < 4.78 is 23.1. The minimum absolute atomic E-state index is 0.0265. The van der Waals surface area contributed by atoms with Crippen LogP contribution < -0.4 is 9.86 Å². The van der Waals surface area contributed by atoms with E-state index in [1.807, 2.05) is 97.1 Å². The molecule has 0 aliphatic carbocycles. The van der Waals surface area contributed by atoms with Crippen molar-refractivity contribution in [3.63, 3.8) is 0 Å². The fourth-order valence-corrected chi connectivity index (χ4v) is 5.08. The van der Waals surface area contributed by atoms with Gasteiger partial charge in [0.15, 0.2) is 0 Å². The van der Waals surface area contributed by atoms with Crippen molar-refractivity contribution >= 4 is 54.4 Å². The van der Waals surface area contributed by atoms with Gasteiger partial charge < -0.3 is 5.11 Å². The summed E-state index contributed by atoms with van der Waals surface area (Å²) >= 11 is 0. The third-order valence-electron chi connectivity index (χ3n) is 6.70. The number of rotatable bonds is 6. The van der Waals surface area contributed by atoms with Gasteiger partial charge in [-0.2, -0.15) is 13.7 Å². The van der Waals surface area contributed by atoms with Crippen LogP contribution in [0.5, 0.6) is 0 Å². The van der Waals surface area contributed by atoms with E-state index in [1.54, 1.807) is 10.8 Å². The van der Waals surface area contributed by atoms with Crippen molar-refractivity contribution in [3.8, 4) is 6.07 Å². The number of amides is 1. The molecular formula is C36H31N3O5S. The van der Waals surface area contributed by atoms with Crippen LogP contribution in [0.3, 0.4) is 0 Å². The summed E-state index contributed by atoms with van der Waals surface area (Å²) in [4.78, 5) is 21.9. The SMILES string of the molecule is N#CCc1ccc2ccccc2c1.NS(=O)(=O)NC(=O)Cc1ccc2ccccc2c1.O=C(O)Cc1ccc2ccccc2c1. The van der Waals surface area contributed by atoms with Crippen molar-refractivity contribution in [1.82, 2.24) is 4.72 Å². The van der Waals surface area contributed by atoms with Gasteiger partial charge in [0, 0.05) is 0 Å². The van der Waals surface area contributed by atoms with Gasteiger partial charge in [-0.15, -0.1) is 0 Å². The van der Waals surface area contributed by atoms with Gasteiger partial charge in [-0.1, -0.05) is 127 Å². The minimum Gasteiger partial charge on any atom is -0.481 e. The molecule has 0 saturated heterocycles. The zero-order chi connectivity index (χ0) is 32.2. The summed E-state index contributed by atoms with van der Waals surface area (Å²) in [6, 6.07) is 43.3. The van der Waals surface area contributed by atoms with E-state index in [0.717, 1.165) is 38.2 Å². The highest BCUT2D eigenvalue weighted by Crippen LogP contribution is 2.17. The molecule has 6 aromatic rings. The maximum absolute atomic E-state index is 11.4. The summed E-state index contributed by atoms with van der Waals surface area (Å²) in [6.45, 7) is 0. The number of hydrogen-bond donors (Lipinski definition) is 3. The summed E-state index contributed by atoms with van der Waals surface area (Å²) in [7, 11) is -3.99. The van der Waals surface area contributed by atoms with Gasteiger partial charge in [0.05, 0.1) is 25.3 Å². The third-order valence-corrected chi connectivity index (χ3v) is 7.21. The molecule has 1 amide bonds. The first-order valence-electron chi connectivity index (χ1n) is 13.9. The second kappa shape index (κ2) is 15.3. The minimum atomic E-state index is -3.99. The molecule has 0 fully saturated rings. The van der Waals surface area contributed by atoms with Crippen LogP contribution in [0.15, 0.2) is 127 Å². The van der Waals surface area contributed by atoms with Gasteiger partial charge in [-0.05, 0) is 49.0 Å². The maximum Gasteiger partial charge on any atom is 0.307 e. The molecular weight excluding hydrogens is 586 g/mol. The Morgan fingerprint density at radius 3 is 1.40 bits per heavy atom. The Hall–Kier alpha value is -5.56. The van der Waals surface area contributed by atoms with Crippen LogP contribution in [0.4, 0.5) is 0 Å². The topological polar surface area (TPSA) is 150 Å². The quantitative estimate of drug-likeness (QED) is 0.206. The number of benzene rings is 6. The van der Waals surface area contributed by atoms with Crippen molar-refractivity contribution in [2.75, 3.05) is 0 Å². The molecule has 0 atom stereocenters. The molecule has 0 heterocycles. The van der Waals surface area contributed by atoms with Gasteiger partial charge in [-0.3, -0.25) is 9.59 Å². The number of nitrogens with two attached hydrogens (primary N) is 1. The smallest absolute Gasteiger partial charge is 0.307 e. The molecule has 0 aliphatic heterocycles. The second-order valence-corrected chi connectivity index (χ2v) is 11.5. The predicted octanol–water partition coefficient (Wildman–Crippen LogP) is 6.07. The van der Waals surface area contributed by atoms with E-state index in [4.69, 9.17) is 15.5 Å².